The number of urea groups is 1. The number of aromatic hydroxyl groups is 1. The lowest BCUT2D eigenvalue weighted by atomic mass is 9.75. The minimum Gasteiger partial charge on any atom is -0.504 e. The molecule has 7 nitrogen and oxygen atoms in total. The molecule has 0 aromatic heterocycles. The van der Waals surface area contributed by atoms with E-state index >= 15 is 0 Å². The second kappa shape index (κ2) is 9.08. The summed E-state index contributed by atoms with van der Waals surface area (Å²) < 4.78 is 5.48. The number of phenols is 1. The zero-order chi connectivity index (χ0) is 21.9. The molecule has 164 valence electrons. The zero-order valence-electron chi connectivity index (χ0n) is 18.2. The molecule has 2 heterocycles. The Balaban J connectivity index is 1.66. The summed E-state index contributed by atoms with van der Waals surface area (Å²) in [5, 5.41) is 13.5. The smallest absolute Gasteiger partial charge is 0.325 e. The molecule has 1 aromatic carbocycles. The average Bonchev–Trinajstić information content (AvgIpc) is 2.96. The Labute approximate surface area is 178 Å². The van der Waals surface area contributed by atoms with Gasteiger partial charge in [0, 0.05) is 12.1 Å². The lowest BCUT2D eigenvalue weighted by Crippen LogP contribution is -2.55. The molecule has 0 radical (unpaired) electrons. The quantitative estimate of drug-likeness (QED) is 0.503. The molecule has 30 heavy (non-hydrogen) atoms. The van der Waals surface area contributed by atoms with E-state index in [9.17, 15) is 14.7 Å². The average molecular weight is 416 g/mol. The molecule has 0 spiro atoms. The number of carbonyl (C=O) groups is 2. The largest absolute Gasteiger partial charge is 0.504 e. The molecule has 2 fully saturated rings. The van der Waals surface area contributed by atoms with E-state index in [1.807, 2.05) is 32.9 Å². The fourth-order valence-electron chi connectivity index (χ4n) is 4.66. The number of phenolic OH excluding ortho intramolecular Hbond substituents is 1. The number of para-hydroxylation sites is 1. The molecule has 2 N–H and O–H groups in total. The first-order chi connectivity index (χ1) is 14.3. The highest BCUT2D eigenvalue weighted by atomic mass is 16.5. The van der Waals surface area contributed by atoms with Crippen molar-refractivity contribution in [2.75, 3.05) is 26.2 Å². The number of nitrogens with one attached hydrogen (secondary N) is 1. The van der Waals surface area contributed by atoms with Crippen molar-refractivity contribution in [1.29, 1.82) is 0 Å². The minimum atomic E-state index is -0.824. The number of hydrogen-bond donors (Lipinski definition) is 2. The van der Waals surface area contributed by atoms with E-state index in [0.29, 0.717) is 25.3 Å². The van der Waals surface area contributed by atoms with Crippen molar-refractivity contribution >= 4 is 11.9 Å². The van der Waals surface area contributed by atoms with Gasteiger partial charge in [-0.3, -0.25) is 14.6 Å². The SMILES string of the molecule is C=C(C)CN1C(=O)NC(CC)(C2CCN(Cc3cccc(OCC)c3O)CC2)C1=O. The molecule has 1 unspecified atom stereocenters. The topological polar surface area (TPSA) is 82.1 Å². The summed E-state index contributed by atoms with van der Waals surface area (Å²) in [6.45, 7) is 12.5. The number of piperidine rings is 1. The van der Waals surface area contributed by atoms with Crippen molar-refractivity contribution in [3.63, 3.8) is 0 Å². The van der Waals surface area contributed by atoms with Crippen LogP contribution in [0.2, 0.25) is 0 Å². The summed E-state index contributed by atoms with van der Waals surface area (Å²) in [6, 6.07) is 5.25. The Morgan fingerprint density at radius 3 is 2.60 bits per heavy atom. The molecule has 7 heteroatoms. The van der Waals surface area contributed by atoms with Gasteiger partial charge in [0.2, 0.25) is 0 Å². The van der Waals surface area contributed by atoms with Crippen LogP contribution in [0, 0.1) is 5.92 Å². The summed E-state index contributed by atoms with van der Waals surface area (Å²) in [5.74, 6) is 0.666. The maximum Gasteiger partial charge on any atom is 0.325 e. The van der Waals surface area contributed by atoms with E-state index in [2.05, 4.69) is 16.8 Å². The van der Waals surface area contributed by atoms with Gasteiger partial charge >= 0.3 is 6.03 Å². The molecule has 3 amide bonds. The summed E-state index contributed by atoms with van der Waals surface area (Å²) >= 11 is 0. The van der Waals surface area contributed by atoms with Crippen LogP contribution in [0.1, 0.15) is 45.6 Å². The van der Waals surface area contributed by atoms with Crippen LogP contribution in [0.5, 0.6) is 11.5 Å². The van der Waals surface area contributed by atoms with Crippen LogP contribution in [-0.2, 0) is 11.3 Å². The maximum absolute atomic E-state index is 13.2. The third-order valence-electron chi connectivity index (χ3n) is 6.25. The number of amides is 3. The van der Waals surface area contributed by atoms with Crippen LogP contribution in [-0.4, -0.2) is 58.6 Å². The van der Waals surface area contributed by atoms with Gasteiger partial charge in [0.25, 0.3) is 5.91 Å². The van der Waals surface area contributed by atoms with Crippen LogP contribution >= 0.6 is 0 Å². The first kappa shape index (κ1) is 22.2. The van der Waals surface area contributed by atoms with Gasteiger partial charge in [-0.15, -0.1) is 0 Å². The fraction of sp³-hybridized carbons (Fsp3) is 0.565. The molecule has 0 saturated carbocycles. The van der Waals surface area contributed by atoms with Gasteiger partial charge in [0.1, 0.15) is 5.54 Å². The van der Waals surface area contributed by atoms with Crippen molar-refractivity contribution < 1.29 is 19.4 Å². The number of carbonyl (C=O) groups excluding carboxylic acids is 2. The van der Waals surface area contributed by atoms with Gasteiger partial charge in [-0.1, -0.05) is 31.2 Å². The first-order valence-corrected chi connectivity index (χ1v) is 10.8. The predicted molar refractivity (Wildman–Crippen MR) is 115 cm³/mol. The van der Waals surface area contributed by atoms with Gasteiger partial charge < -0.3 is 15.2 Å². The zero-order valence-corrected chi connectivity index (χ0v) is 18.2. The molecule has 2 aliphatic rings. The van der Waals surface area contributed by atoms with E-state index < -0.39 is 5.54 Å². The monoisotopic (exact) mass is 415 g/mol. The number of ether oxygens (including phenoxy) is 1. The number of hydrogen-bond acceptors (Lipinski definition) is 5. The Morgan fingerprint density at radius 1 is 1.30 bits per heavy atom. The molecule has 0 aliphatic carbocycles. The third kappa shape index (κ3) is 4.17. The van der Waals surface area contributed by atoms with Crippen molar-refractivity contribution in [3.05, 3.63) is 35.9 Å². The summed E-state index contributed by atoms with van der Waals surface area (Å²) in [6.07, 6.45) is 2.20. The summed E-state index contributed by atoms with van der Waals surface area (Å²) in [4.78, 5) is 29.2. The second-order valence-electron chi connectivity index (χ2n) is 8.35. The highest BCUT2D eigenvalue weighted by Gasteiger charge is 2.54. The minimum absolute atomic E-state index is 0.0914. The van der Waals surface area contributed by atoms with Gasteiger partial charge in [-0.25, -0.2) is 4.79 Å². The molecular weight excluding hydrogens is 382 g/mol. The summed E-state index contributed by atoms with van der Waals surface area (Å²) in [5.41, 5.74) is 0.798. The second-order valence-corrected chi connectivity index (χ2v) is 8.35. The van der Waals surface area contributed by atoms with E-state index in [0.717, 1.165) is 37.1 Å². The molecule has 1 atom stereocenters. The number of benzene rings is 1. The van der Waals surface area contributed by atoms with E-state index in [4.69, 9.17) is 4.74 Å². The summed E-state index contributed by atoms with van der Waals surface area (Å²) in [7, 11) is 0. The lowest BCUT2D eigenvalue weighted by molar-refractivity contribution is -0.134. The highest BCUT2D eigenvalue weighted by molar-refractivity contribution is 6.07. The maximum atomic E-state index is 13.2. The first-order valence-electron chi connectivity index (χ1n) is 10.8. The Morgan fingerprint density at radius 2 is 2.00 bits per heavy atom. The number of nitrogens with zero attached hydrogens (tertiary/aromatic N) is 2. The Bertz CT molecular complexity index is 817. The molecule has 3 rings (SSSR count). The Kier molecular flexibility index (Phi) is 6.71. The van der Waals surface area contributed by atoms with E-state index in [1.54, 1.807) is 6.07 Å². The fourth-order valence-corrected chi connectivity index (χ4v) is 4.66. The lowest BCUT2D eigenvalue weighted by Gasteiger charge is -2.40. The van der Waals surface area contributed by atoms with Crippen molar-refractivity contribution in [1.82, 2.24) is 15.1 Å². The predicted octanol–water partition coefficient (Wildman–Crippen LogP) is 3.28. The van der Waals surface area contributed by atoms with Gasteiger partial charge in [-0.05, 0) is 58.2 Å². The van der Waals surface area contributed by atoms with Crippen molar-refractivity contribution in [3.8, 4) is 11.5 Å². The molecule has 1 aromatic rings. The van der Waals surface area contributed by atoms with Crippen LogP contribution in [0.15, 0.2) is 30.4 Å². The van der Waals surface area contributed by atoms with Crippen LogP contribution in [0.4, 0.5) is 4.79 Å². The van der Waals surface area contributed by atoms with Gasteiger partial charge in [0.15, 0.2) is 11.5 Å². The van der Waals surface area contributed by atoms with Gasteiger partial charge in [-0.2, -0.15) is 0 Å². The van der Waals surface area contributed by atoms with Crippen LogP contribution in [0.3, 0.4) is 0 Å². The van der Waals surface area contributed by atoms with Gasteiger partial charge in [0.05, 0.1) is 13.2 Å². The van der Waals surface area contributed by atoms with E-state index in [1.165, 1.54) is 4.90 Å². The highest BCUT2D eigenvalue weighted by Crippen LogP contribution is 2.37. The number of likely N-dealkylation sites (tertiary alicyclic amines) is 1. The number of imide groups is 1. The van der Waals surface area contributed by atoms with Crippen molar-refractivity contribution in [2.45, 2.75) is 52.1 Å². The van der Waals surface area contributed by atoms with E-state index in [-0.39, 0.29) is 30.2 Å². The molecular formula is C23H33N3O4. The number of rotatable bonds is 8. The molecule has 2 aliphatic heterocycles. The molecule has 0 bridgehead atoms. The Hall–Kier alpha value is -2.54. The van der Waals surface area contributed by atoms with Crippen LogP contribution in [0.25, 0.3) is 0 Å². The normalized spacial score (nSPS) is 23.0. The van der Waals surface area contributed by atoms with Crippen molar-refractivity contribution in [2.24, 2.45) is 5.92 Å². The molecule has 2 saturated heterocycles. The van der Waals surface area contributed by atoms with Crippen LogP contribution < -0.4 is 10.1 Å². The standard InChI is InChI=1S/C23H33N3O4/c1-5-23(21(28)26(14-16(3)4)22(29)24-23)18-10-12-25(13-11-18)15-17-8-7-9-19(20(17)27)30-6-2/h7-9,18,27H,3,5-6,10-15H2,1-2,4H3,(H,24,29). The third-order valence-corrected chi connectivity index (χ3v) is 6.25.